The maximum Gasteiger partial charge on any atom is 0.416 e. The van der Waals surface area contributed by atoms with E-state index in [1.807, 2.05) is 12.1 Å². The number of nitrogens with zero attached hydrogens (tertiary/aromatic N) is 2. The molecule has 0 aliphatic carbocycles. The minimum absolute atomic E-state index is 0.213. The number of alkyl halides is 3. The van der Waals surface area contributed by atoms with Gasteiger partial charge in [-0.15, -0.1) is 0 Å². The Morgan fingerprint density at radius 3 is 2.41 bits per heavy atom. The molecule has 2 saturated heterocycles. The second kappa shape index (κ2) is 8.24. The van der Waals surface area contributed by atoms with Crippen molar-refractivity contribution in [3.05, 3.63) is 59.7 Å². The number of hydrogen-bond acceptors (Lipinski definition) is 4. The van der Waals surface area contributed by atoms with E-state index < -0.39 is 11.7 Å². The lowest BCUT2D eigenvalue weighted by Gasteiger charge is -2.34. The smallest absolute Gasteiger partial charge is 0.416 e. The van der Waals surface area contributed by atoms with Crippen LogP contribution < -0.4 is 9.47 Å². The van der Waals surface area contributed by atoms with Crippen molar-refractivity contribution in [2.24, 2.45) is 0 Å². The summed E-state index contributed by atoms with van der Waals surface area (Å²) < 4.78 is 49.1. The van der Waals surface area contributed by atoms with Gasteiger partial charge >= 0.3 is 6.18 Å². The van der Waals surface area contributed by atoms with E-state index in [0.29, 0.717) is 25.2 Å². The lowest BCUT2D eigenvalue weighted by molar-refractivity contribution is -0.137. The van der Waals surface area contributed by atoms with Crippen molar-refractivity contribution in [1.29, 1.82) is 0 Å². The maximum absolute atomic E-state index is 12.8. The Morgan fingerprint density at radius 2 is 1.76 bits per heavy atom. The first-order chi connectivity index (χ1) is 13.9. The molecule has 0 amide bonds. The fourth-order valence-electron chi connectivity index (χ4n) is 4.24. The second-order valence-electron chi connectivity index (χ2n) is 7.62. The Bertz CT molecular complexity index is 826. The highest BCUT2D eigenvalue weighted by Gasteiger charge is 2.42. The summed E-state index contributed by atoms with van der Waals surface area (Å²) in [7, 11) is 1.66. The summed E-state index contributed by atoms with van der Waals surface area (Å²) in [5, 5.41) is 0. The van der Waals surface area contributed by atoms with E-state index in [1.165, 1.54) is 11.6 Å². The predicted molar refractivity (Wildman–Crippen MR) is 103 cm³/mol. The molecule has 2 bridgehead atoms. The summed E-state index contributed by atoms with van der Waals surface area (Å²) in [6.45, 7) is 3.99. The molecular weight excluding hydrogens is 381 g/mol. The SMILES string of the molecule is COc1ccc(CN2CC3C[C@H]2CN3CCOc2c[c]cc(C(F)(F)F)c2)cc1. The first-order valence-corrected chi connectivity index (χ1v) is 9.74. The van der Waals surface area contributed by atoms with Gasteiger partial charge in [-0.2, -0.15) is 13.2 Å². The van der Waals surface area contributed by atoms with Crippen molar-refractivity contribution >= 4 is 0 Å². The average molecular weight is 405 g/mol. The fraction of sp³-hybridized carbons (Fsp3) is 0.455. The molecule has 2 aromatic carbocycles. The number of piperazine rings is 1. The molecule has 4 rings (SSSR count). The maximum atomic E-state index is 12.8. The summed E-state index contributed by atoms with van der Waals surface area (Å²) in [4.78, 5) is 4.89. The zero-order valence-corrected chi connectivity index (χ0v) is 16.3. The lowest BCUT2D eigenvalue weighted by Crippen LogP contribution is -2.47. The van der Waals surface area contributed by atoms with Crippen LogP contribution >= 0.6 is 0 Å². The van der Waals surface area contributed by atoms with E-state index in [4.69, 9.17) is 9.47 Å². The van der Waals surface area contributed by atoms with Crippen LogP contribution in [0.4, 0.5) is 13.2 Å². The van der Waals surface area contributed by atoms with Crippen LogP contribution in [0.1, 0.15) is 17.5 Å². The molecule has 2 fully saturated rings. The molecule has 2 aliphatic heterocycles. The van der Waals surface area contributed by atoms with Gasteiger partial charge in [-0.1, -0.05) is 12.1 Å². The number of ether oxygens (including phenoxy) is 2. The molecule has 2 aromatic rings. The molecule has 29 heavy (non-hydrogen) atoms. The first-order valence-electron chi connectivity index (χ1n) is 9.74. The van der Waals surface area contributed by atoms with Crippen LogP contribution in [0.2, 0.25) is 0 Å². The highest BCUT2D eigenvalue weighted by molar-refractivity contribution is 5.29. The highest BCUT2D eigenvalue weighted by Crippen LogP contribution is 2.33. The van der Waals surface area contributed by atoms with Crippen molar-refractivity contribution in [3.8, 4) is 11.5 Å². The minimum Gasteiger partial charge on any atom is -0.497 e. The molecule has 0 saturated carbocycles. The summed E-state index contributed by atoms with van der Waals surface area (Å²) >= 11 is 0. The monoisotopic (exact) mass is 405 g/mol. The molecule has 1 unspecified atom stereocenters. The zero-order valence-electron chi connectivity index (χ0n) is 16.3. The van der Waals surface area contributed by atoms with E-state index in [9.17, 15) is 13.2 Å². The molecule has 2 atom stereocenters. The van der Waals surface area contributed by atoms with Crippen LogP contribution in [0.5, 0.6) is 11.5 Å². The normalized spacial score (nSPS) is 22.2. The van der Waals surface area contributed by atoms with Crippen molar-refractivity contribution in [2.75, 3.05) is 33.4 Å². The summed E-state index contributed by atoms with van der Waals surface area (Å²) in [6.07, 6.45) is -3.25. The number of halogens is 3. The Hall–Kier alpha value is -2.25. The van der Waals surface area contributed by atoms with E-state index in [-0.39, 0.29) is 5.75 Å². The van der Waals surface area contributed by atoms with Crippen molar-refractivity contribution < 1.29 is 22.6 Å². The van der Waals surface area contributed by atoms with Gasteiger partial charge in [0.15, 0.2) is 0 Å². The van der Waals surface area contributed by atoms with E-state index in [0.717, 1.165) is 43.9 Å². The highest BCUT2D eigenvalue weighted by atomic mass is 19.4. The Morgan fingerprint density at radius 1 is 1.03 bits per heavy atom. The van der Waals surface area contributed by atoms with E-state index >= 15 is 0 Å². The van der Waals surface area contributed by atoms with Gasteiger partial charge in [0.2, 0.25) is 0 Å². The van der Waals surface area contributed by atoms with Gasteiger partial charge in [0.05, 0.1) is 12.7 Å². The first kappa shape index (κ1) is 20.0. The Labute approximate surface area is 168 Å². The summed E-state index contributed by atoms with van der Waals surface area (Å²) in [5.74, 6) is 1.08. The third-order valence-corrected chi connectivity index (χ3v) is 5.75. The van der Waals surface area contributed by atoms with Gasteiger partial charge in [0, 0.05) is 38.3 Å². The van der Waals surface area contributed by atoms with Crippen LogP contribution in [-0.4, -0.2) is 55.2 Å². The Kier molecular flexibility index (Phi) is 5.69. The molecular formula is C22H24F3N2O2. The molecule has 1 radical (unpaired) electrons. The average Bonchev–Trinajstić information content (AvgIpc) is 3.28. The standard InChI is InChI=1S/C22H24F3N2O2/c1-28-20-7-5-16(6-8-20)13-27-15-18-12-19(27)14-26(18)9-10-29-21-4-2-3-17(11-21)22(23,24)25/h3-8,11,18-19H,9-10,12-15H2,1H3/t18?,19-/m0/s1. The van der Waals surface area contributed by atoms with Crippen molar-refractivity contribution in [2.45, 2.75) is 31.2 Å². The predicted octanol–water partition coefficient (Wildman–Crippen LogP) is 3.85. The van der Waals surface area contributed by atoms with Crippen LogP contribution in [0.25, 0.3) is 0 Å². The quantitative estimate of drug-likeness (QED) is 0.699. The minimum atomic E-state index is -4.38. The lowest BCUT2D eigenvalue weighted by atomic mass is 10.2. The fourth-order valence-corrected chi connectivity index (χ4v) is 4.24. The van der Waals surface area contributed by atoms with Gasteiger partial charge in [-0.3, -0.25) is 9.80 Å². The molecule has 2 aliphatic rings. The number of hydrogen-bond donors (Lipinski definition) is 0. The van der Waals surface area contributed by atoms with E-state index in [2.05, 4.69) is 28.0 Å². The third-order valence-electron chi connectivity index (χ3n) is 5.75. The third kappa shape index (κ3) is 4.67. The molecule has 0 N–H and O–H groups in total. The molecule has 7 heteroatoms. The molecule has 0 spiro atoms. The topological polar surface area (TPSA) is 24.9 Å². The number of rotatable bonds is 7. The van der Waals surface area contributed by atoms with Crippen LogP contribution in [0.3, 0.4) is 0 Å². The van der Waals surface area contributed by atoms with Gasteiger partial charge < -0.3 is 9.47 Å². The number of methoxy groups -OCH3 is 1. The van der Waals surface area contributed by atoms with Crippen molar-refractivity contribution in [1.82, 2.24) is 9.80 Å². The Balaban J connectivity index is 1.24. The van der Waals surface area contributed by atoms with Crippen LogP contribution in [0, 0.1) is 6.07 Å². The number of likely N-dealkylation sites (tertiary alicyclic amines) is 2. The number of fused-ring (bicyclic) bond motifs is 2. The number of benzene rings is 2. The van der Waals surface area contributed by atoms with Crippen molar-refractivity contribution in [3.63, 3.8) is 0 Å². The zero-order chi connectivity index (χ0) is 20.4. The molecule has 2 heterocycles. The van der Waals surface area contributed by atoms with Crippen LogP contribution in [-0.2, 0) is 12.7 Å². The second-order valence-corrected chi connectivity index (χ2v) is 7.62. The van der Waals surface area contributed by atoms with E-state index in [1.54, 1.807) is 7.11 Å². The molecule has 4 nitrogen and oxygen atoms in total. The molecule has 155 valence electrons. The largest absolute Gasteiger partial charge is 0.497 e. The summed E-state index contributed by atoms with van der Waals surface area (Å²) in [6, 6.07) is 15.1. The van der Waals surface area contributed by atoms with Gasteiger partial charge in [0.25, 0.3) is 0 Å². The van der Waals surface area contributed by atoms with Gasteiger partial charge in [-0.05, 0) is 48.4 Å². The summed E-state index contributed by atoms with van der Waals surface area (Å²) in [5.41, 5.74) is 0.540. The van der Waals surface area contributed by atoms with Crippen LogP contribution in [0.15, 0.2) is 42.5 Å². The van der Waals surface area contributed by atoms with Gasteiger partial charge in [-0.25, -0.2) is 0 Å². The molecule has 0 aromatic heterocycles. The van der Waals surface area contributed by atoms with Gasteiger partial charge in [0.1, 0.15) is 18.1 Å².